The fraction of sp³-hybridized carbons (Fsp3) is 0.167. The molecule has 1 aliphatic heterocycles. The van der Waals surface area contributed by atoms with Crippen LogP contribution in [0.5, 0.6) is 5.75 Å². The fourth-order valence-electron chi connectivity index (χ4n) is 3.18. The Morgan fingerprint density at radius 3 is 2.62 bits per heavy atom. The fourth-order valence-corrected chi connectivity index (χ4v) is 3.80. The topological polar surface area (TPSA) is 109 Å². The molecule has 0 saturated carbocycles. The van der Waals surface area contributed by atoms with E-state index in [9.17, 15) is 14.4 Å². The van der Waals surface area contributed by atoms with Crippen molar-refractivity contribution in [3.63, 3.8) is 0 Å². The lowest BCUT2D eigenvalue weighted by atomic mass is 10.1. The number of ether oxygens (including phenoxy) is 2. The Morgan fingerprint density at radius 2 is 1.82 bits per heavy atom. The van der Waals surface area contributed by atoms with Crippen LogP contribution in [0.4, 0.5) is 10.5 Å². The van der Waals surface area contributed by atoms with Gasteiger partial charge in [-0.2, -0.15) is 5.10 Å². The molecule has 0 radical (unpaired) electrons. The summed E-state index contributed by atoms with van der Waals surface area (Å²) in [4.78, 5) is 39.4. The quantitative estimate of drug-likeness (QED) is 0.416. The van der Waals surface area contributed by atoms with Crippen LogP contribution in [0.1, 0.15) is 25.6 Å². The lowest BCUT2D eigenvalue weighted by Crippen LogP contribution is -2.42. The molecule has 3 amide bonds. The molecular weight excluding hydrogens is 456 g/mol. The Hall–Kier alpha value is -4.02. The van der Waals surface area contributed by atoms with Crippen molar-refractivity contribution in [1.82, 2.24) is 10.3 Å². The highest BCUT2D eigenvalue weighted by atomic mass is 32.1. The average Bonchev–Trinajstić information content (AvgIpc) is 3.40. The van der Waals surface area contributed by atoms with E-state index >= 15 is 0 Å². The molecule has 0 atom stereocenters. The molecule has 2 N–H and O–H groups in total. The summed E-state index contributed by atoms with van der Waals surface area (Å²) in [5.74, 6) is -0.399. The number of carbonyl (C=O) groups excluding carboxylic acids is 3. The number of hydrazone groups is 1. The molecule has 1 fully saturated rings. The second-order valence-electron chi connectivity index (χ2n) is 7.22. The van der Waals surface area contributed by atoms with Crippen LogP contribution in [0, 0.1) is 0 Å². The van der Waals surface area contributed by atoms with E-state index in [1.54, 1.807) is 70.9 Å². The lowest BCUT2D eigenvalue weighted by Gasteiger charge is -2.25. The maximum absolute atomic E-state index is 12.7. The Labute approximate surface area is 200 Å². The maximum atomic E-state index is 12.7. The molecule has 174 valence electrons. The van der Waals surface area contributed by atoms with Gasteiger partial charge in [-0.1, -0.05) is 30.3 Å². The minimum atomic E-state index is -0.478. The van der Waals surface area contributed by atoms with Crippen LogP contribution in [0.2, 0.25) is 0 Å². The third-order valence-electron chi connectivity index (χ3n) is 4.88. The number of rotatable bonds is 6. The third kappa shape index (κ3) is 6.06. The van der Waals surface area contributed by atoms with Gasteiger partial charge < -0.3 is 19.7 Å². The van der Waals surface area contributed by atoms with Crippen molar-refractivity contribution in [2.24, 2.45) is 5.10 Å². The van der Waals surface area contributed by atoms with Crippen molar-refractivity contribution in [3.8, 4) is 5.75 Å². The molecule has 10 heteroatoms. The highest BCUT2D eigenvalue weighted by molar-refractivity contribution is 7.12. The van der Waals surface area contributed by atoms with Gasteiger partial charge in [0.2, 0.25) is 0 Å². The number of hydrogen-bond acceptors (Lipinski definition) is 7. The molecule has 4 rings (SSSR count). The molecule has 34 heavy (non-hydrogen) atoms. The number of benzene rings is 2. The Kier molecular flexibility index (Phi) is 7.63. The third-order valence-corrected chi connectivity index (χ3v) is 5.75. The van der Waals surface area contributed by atoms with E-state index in [-0.39, 0.29) is 11.5 Å². The highest BCUT2D eigenvalue weighted by Gasteiger charge is 2.19. The van der Waals surface area contributed by atoms with Gasteiger partial charge in [-0.25, -0.2) is 10.2 Å². The van der Waals surface area contributed by atoms with Crippen molar-refractivity contribution in [1.29, 1.82) is 0 Å². The molecule has 0 spiro atoms. The van der Waals surface area contributed by atoms with Gasteiger partial charge in [0, 0.05) is 13.1 Å². The van der Waals surface area contributed by atoms with Gasteiger partial charge in [0.1, 0.15) is 5.75 Å². The smallest absolute Gasteiger partial charge is 0.410 e. The van der Waals surface area contributed by atoms with E-state index in [0.29, 0.717) is 48.2 Å². The minimum Gasteiger partial charge on any atom is -0.410 e. The molecule has 1 aliphatic rings. The monoisotopic (exact) mass is 478 g/mol. The van der Waals surface area contributed by atoms with E-state index in [1.165, 1.54) is 17.6 Å². The van der Waals surface area contributed by atoms with E-state index < -0.39 is 12.0 Å². The lowest BCUT2D eigenvalue weighted by molar-refractivity contribution is 0.0416. The average molecular weight is 479 g/mol. The molecule has 1 saturated heterocycles. The number of amides is 3. The predicted octanol–water partition coefficient (Wildman–Crippen LogP) is 3.60. The summed E-state index contributed by atoms with van der Waals surface area (Å²) in [5, 5.41) is 8.56. The minimum absolute atomic E-state index is 0.276. The van der Waals surface area contributed by atoms with Crippen molar-refractivity contribution in [2.45, 2.75) is 0 Å². The summed E-state index contributed by atoms with van der Waals surface area (Å²) in [7, 11) is 0. The molecule has 0 bridgehead atoms. The maximum Gasteiger partial charge on any atom is 0.415 e. The Morgan fingerprint density at radius 1 is 1.00 bits per heavy atom. The highest BCUT2D eigenvalue weighted by Crippen LogP contribution is 2.18. The van der Waals surface area contributed by atoms with E-state index in [1.807, 2.05) is 0 Å². The zero-order chi connectivity index (χ0) is 23.8. The van der Waals surface area contributed by atoms with Gasteiger partial charge in [0.15, 0.2) is 0 Å². The van der Waals surface area contributed by atoms with Crippen LogP contribution in [-0.2, 0) is 4.74 Å². The van der Waals surface area contributed by atoms with Gasteiger partial charge in [0.05, 0.1) is 35.6 Å². The van der Waals surface area contributed by atoms with Gasteiger partial charge in [-0.3, -0.25) is 9.59 Å². The van der Waals surface area contributed by atoms with E-state index in [0.717, 1.165) is 0 Å². The zero-order valence-corrected chi connectivity index (χ0v) is 18.9. The largest absolute Gasteiger partial charge is 0.415 e. The van der Waals surface area contributed by atoms with Crippen molar-refractivity contribution >= 4 is 41.1 Å². The van der Waals surface area contributed by atoms with Crippen molar-refractivity contribution < 1.29 is 23.9 Å². The van der Waals surface area contributed by atoms with Crippen LogP contribution in [-0.4, -0.2) is 55.3 Å². The van der Waals surface area contributed by atoms with Crippen LogP contribution >= 0.6 is 11.3 Å². The Bertz CT molecular complexity index is 1190. The molecular formula is C24H22N4O5S. The summed E-state index contributed by atoms with van der Waals surface area (Å²) in [5.41, 5.74) is 3.75. The molecule has 1 aromatic heterocycles. The molecule has 3 aromatic rings. The van der Waals surface area contributed by atoms with E-state index in [4.69, 9.17) is 9.47 Å². The second kappa shape index (κ2) is 11.2. The number of anilines is 1. The SMILES string of the molecule is O=C(Nc1ccccc1C(=O)N/N=C\c1cccc(OC(=O)N2CCOCC2)c1)c1cccs1. The normalized spacial score (nSPS) is 13.5. The molecule has 2 heterocycles. The molecule has 0 unspecified atom stereocenters. The van der Waals surface area contributed by atoms with Crippen molar-refractivity contribution in [2.75, 3.05) is 31.6 Å². The predicted molar refractivity (Wildman–Crippen MR) is 129 cm³/mol. The number of hydrogen-bond donors (Lipinski definition) is 2. The number of nitrogens with one attached hydrogen (secondary N) is 2. The molecule has 9 nitrogen and oxygen atoms in total. The summed E-state index contributed by atoms with van der Waals surface area (Å²) < 4.78 is 10.7. The summed E-state index contributed by atoms with van der Waals surface area (Å²) in [6.07, 6.45) is 1.00. The summed E-state index contributed by atoms with van der Waals surface area (Å²) >= 11 is 1.31. The number of nitrogens with zero attached hydrogens (tertiary/aromatic N) is 2. The Balaban J connectivity index is 1.36. The van der Waals surface area contributed by atoms with Crippen LogP contribution in [0.15, 0.2) is 71.1 Å². The van der Waals surface area contributed by atoms with Crippen molar-refractivity contribution in [3.05, 3.63) is 82.0 Å². The first-order valence-corrected chi connectivity index (χ1v) is 11.4. The second-order valence-corrected chi connectivity index (χ2v) is 8.16. The summed E-state index contributed by atoms with van der Waals surface area (Å²) in [6, 6.07) is 17.0. The first-order chi connectivity index (χ1) is 16.6. The van der Waals surface area contributed by atoms with Crippen LogP contribution in [0.3, 0.4) is 0 Å². The number of morpholine rings is 1. The number of carbonyl (C=O) groups is 3. The van der Waals surface area contributed by atoms with Crippen LogP contribution < -0.4 is 15.5 Å². The number of para-hydroxylation sites is 1. The first-order valence-electron chi connectivity index (χ1n) is 10.5. The molecule has 2 aromatic carbocycles. The first kappa shape index (κ1) is 23.1. The van der Waals surface area contributed by atoms with Gasteiger partial charge >= 0.3 is 6.09 Å². The van der Waals surface area contributed by atoms with Crippen LogP contribution in [0.25, 0.3) is 0 Å². The zero-order valence-electron chi connectivity index (χ0n) is 18.1. The standard InChI is InChI=1S/C24H22N4O5S/c29-22(19-7-1-2-8-20(19)26-23(30)21-9-4-14-34-21)27-25-16-17-5-3-6-18(15-17)33-24(31)28-10-12-32-13-11-28/h1-9,14-16H,10-13H2,(H,26,30)(H,27,29)/b25-16-. The summed E-state index contributed by atoms with van der Waals surface area (Å²) in [6.45, 7) is 1.95. The molecule has 0 aliphatic carbocycles. The van der Waals surface area contributed by atoms with Gasteiger partial charge in [-0.15, -0.1) is 11.3 Å². The number of thiophene rings is 1. The van der Waals surface area contributed by atoms with Gasteiger partial charge in [-0.05, 0) is 41.3 Å². The van der Waals surface area contributed by atoms with E-state index in [2.05, 4.69) is 15.8 Å². The van der Waals surface area contributed by atoms with Gasteiger partial charge in [0.25, 0.3) is 11.8 Å².